The Bertz CT molecular complexity index is 835. The van der Waals surface area contributed by atoms with Crippen molar-refractivity contribution in [3.8, 4) is 11.5 Å². The summed E-state index contributed by atoms with van der Waals surface area (Å²) in [6, 6.07) is 8.55. The van der Waals surface area contributed by atoms with E-state index in [4.69, 9.17) is 9.47 Å². The number of hydrogen-bond donors (Lipinski definition) is 2. The van der Waals surface area contributed by atoms with Crippen LogP contribution in [0.4, 0.5) is 0 Å². The molecule has 1 aromatic heterocycles. The van der Waals surface area contributed by atoms with Crippen molar-refractivity contribution in [1.29, 1.82) is 0 Å². The zero-order valence-electron chi connectivity index (χ0n) is 16.7. The van der Waals surface area contributed by atoms with E-state index in [9.17, 15) is 14.7 Å². The smallest absolute Gasteiger partial charge is 0.328 e. The predicted molar refractivity (Wildman–Crippen MR) is 105 cm³/mol. The molecule has 28 heavy (non-hydrogen) atoms. The normalized spacial score (nSPS) is 13.9. The quantitative estimate of drug-likeness (QED) is 0.710. The molecule has 150 valence electrons. The summed E-state index contributed by atoms with van der Waals surface area (Å²) in [4.78, 5) is 28.5. The molecule has 2 N–H and O–H groups in total. The summed E-state index contributed by atoms with van der Waals surface area (Å²) in [6.45, 7) is 7.31. The number of carbonyl (C=O) groups is 2. The first-order valence-electron chi connectivity index (χ1n) is 9.04. The van der Waals surface area contributed by atoms with E-state index >= 15 is 0 Å². The number of hydrogen-bond acceptors (Lipinski definition) is 6. The maximum atomic E-state index is 12.4. The summed E-state index contributed by atoms with van der Waals surface area (Å²) < 4.78 is 10.5. The molecule has 0 aliphatic heterocycles. The van der Waals surface area contributed by atoms with Crippen LogP contribution in [0.5, 0.6) is 11.5 Å². The lowest BCUT2D eigenvalue weighted by Crippen LogP contribution is -2.41. The summed E-state index contributed by atoms with van der Waals surface area (Å²) >= 11 is 0. The number of aromatic nitrogens is 1. The number of nitrogens with one attached hydrogen (secondary N) is 1. The van der Waals surface area contributed by atoms with Gasteiger partial charge in [-0.3, -0.25) is 4.79 Å². The molecule has 0 spiro atoms. The van der Waals surface area contributed by atoms with E-state index in [1.54, 1.807) is 0 Å². The molecular weight excluding hydrogens is 360 g/mol. The van der Waals surface area contributed by atoms with Gasteiger partial charge in [-0.25, -0.2) is 9.78 Å². The van der Waals surface area contributed by atoms with Crippen LogP contribution in [-0.2, 0) is 9.53 Å². The Labute approximate surface area is 164 Å². The molecule has 0 bridgehead atoms. The fourth-order valence-corrected chi connectivity index (χ4v) is 2.62. The number of carbonyl (C=O) groups excluding carboxylic acids is 2. The molecule has 0 aliphatic rings. The molecule has 0 saturated heterocycles. The van der Waals surface area contributed by atoms with Crippen LogP contribution in [0.25, 0.3) is 0 Å². The molecule has 0 aliphatic carbocycles. The third-order valence-electron chi connectivity index (χ3n) is 4.63. The molecule has 7 heteroatoms. The Balaban J connectivity index is 1.98. The van der Waals surface area contributed by atoms with Gasteiger partial charge in [0.2, 0.25) is 0 Å². The highest BCUT2D eigenvalue weighted by Crippen LogP contribution is 2.27. The van der Waals surface area contributed by atoms with Crippen molar-refractivity contribution in [3.05, 3.63) is 53.3 Å². The number of benzene rings is 1. The molecule has 0 fully saturated rings. The van der Waals surface area contributed by atoms with Gasteiger partial charge in [0.15, 0.2) is 17.2 Å². The molecule has 0 unspecified atom stereocenters. The van der Waals surface area contributed by atoms with E-state index in [1.165, 1.54) is 26.3 Å². The first-order chi connectivity index (χ1) is 13.2. The maximum absolute atomic E-state index is 12.4. The van der Waals surface area contributed by atoms with Gasteiger partial charge in [0.1, 0.15) is 12.1 Å². The second kappa shape index (κ2) is 9.21. The Morgan fingerprint density at radius 3 is 2.36 bits per heavy atom. The van der Waals surface area contributed by atoms with E-state index < -0.39 is 17.9 Å². The predicted octanol–water partition coefficient (Wildman–Crippen LogP) is 2.96. The lowest BCUT2D eigenvalue weighted by Gasteiger charge is -2.23. The number of nitrogens with zero attached hydrogens (tertiary/aromatic N) is 1. The average Bonchev–Trinajstić information content (AvgIpc) is 2.67. The number of amides is 1. The van der Waals surface area contributed by atoms with Crippen LogP contribution in [-0.4, -0.2) is 41.2 Å². The van der Waals surface area contributed by atoms with Crippen molar-refractivity contribution in [2.24, 2.45) is 0 Å². The van der Waals surface area contributed by atoms with Gasteiger partial charge in [-0.05, 0) is 26.3 Å². The zero-order valence-corrected chi connectivity index (χ0v) is 16.7. The number of pyridine rings is 1. The summed E-state index contributed by atoms with van der Waals surface area (Å²) in [5.74, 6) is -1.53. The van der Waals surface area contributed by atoms with Crippen LogP contribution >= 0.6 is 0 Å². The van der Waals surface area contributed by atoms with Crippen molar-refractivity contribution < 1.29 is 24.2 Å². The maximum Gasteiger partial charge on any atom is 0.328 e. The molecule has 3 atom stereocenters. The Morgan fingerprint density at radius 1 is 1.11 bits per heavy atom. The van der Waals surface area contributed by atoms with E-state index in [0.29, 0.717) is 0 Å². The van der Waals surface area contributed by atoms with E-state index in [1.807, 2.05) is 45.0 Å². The molecule has 2 aromatic rings. The van der Waals surface area contributed by atoms with Gasteiger partial charge in [-0.2, -0.15) is 0 Å². The van der Waals surface area contributed by atoms with Crippen molar-refractivity contribution >= 4 is 11.9 Å². The summed E-state index contributed by atoms with van der Waals surface area (Å²) in [5, 5.41) is 12.5. The summed E-state index contributed by atoms with van der Waals surface area (Å²) in [6.07, 6.45) is 0.958. The molecule has 1 heterocycles. The molecule has 0 saturated carbocycles. The molecule has 1 amide bonds. The lowest BCUT2D eigenvalue weighted by atomic mass is 9.95. The second-order valence-electron chi connectivity index (χ2n) is 6.75. The van der Waals surface area contributed by atoms with Crippen LogP contribution in [0.3, 0.4) is 0 Å². The molecule has 0 radical (unpaired) electrons. The van der Waals surface area contributed by atoms with Crippen LogP contribution in [0.15, 0.2) is 36.5 Å². The van der Waals surface area contributed by atoms with Gasteiger partial charge in [0.25, 0.3) is 5.91 Å². The first-order valence-corrected chi connectivity index (χ1v) is 9.04. The topological polar surface area (TPSA) is 97.8 Å². The minimum atomic E-state index is -0.910. The van der Waals surface area contributed by atoms with Gasteiger partial charge >= 0.3 is 5.97 Å². The second-order valence-corrected chi connectivity index (χ2v) is 6.75. The van der Waals surface area contributed by atoms with Gasteiger partial charge in [-0.15, -0.1) is 0 Å². The van der Waals surface area contributed by atoms with Crippen LogP contribution < -0.4 is 10.1 Å². The molecule has 1 aromatic carbocycles. The van der Waals surface area contributed by atoms with Crippen molar-refractivity contribution in [3.63, 3.8) is 0 Å². The highest BCUT2D eigenvalue weighted by molar-refractivity contribution is 5.97. The molecule has 7 nitrogen and oxygen atoms in total. The molecule has 2 rings (SSSR count). The highest BCUT2D eigenvalue weighted by Gasteiger charge is 2.25. The van der Waals surface area contributed by atoms with Gasteiger partial charge in [-0.1, -0.05) is 36.8 Å². The van der Waals surface area contributed by atoms with Gasteiger partial charge in [0, 0.05) is 18.2 Å². The number of aromatic hydroxyl groups is 1. The number of rotatable bonds is 7. The Morgan fingerprint density at radius 2 is 1.75 bits per heavy atom. The third-order valence-corrected chi connectivity index (χ3v) is 4.63. The lowest BCUT2D eigenvalue weighted by molar-refractivity contribution is -0.151. The fraction of sp³-hybridized carbons (Fsp3) is 0.381. The SMILES string of the molecule is COc1ccnc(C(=O)N[C@@H](C)C(=O)O[C@@H](C)[C@H](C)c2ccc(C)cc2)c1O. The largest absolute Gasteiger partial charge is 0.503 e. The first kappa shape index (κ1) is 21.2. The van der Waals surface area contributed by atoms with Crippen molar-refractivity contribution in [1.82, 2.24) is 10.3 Å². The Hall–Kier alpha value is -3.09. The minimum Gasteiger partial charge on any atom is -0.503 e. The van der Waals surface area contributed by atoms with Crippen molar-refractivity contribution in [2.45, 2.75) is 45.8 Å². The summed E-state index contributed by atoms with van der Waals surface area (Å²) in [7, 11) is 1.37. The number of aryl methyl sites for hydroxylation is 1. The Kier molecular flexibility index (Phi) is 6.98. The minimum absolute atomic E-state index is 0.00320. The van der Waals surface area contributed by atoms with Gasteiger partial charge < -0.3 is 19.9 Å². The number of ether oxygens (including phenoxy) is 2. The standard InChI is InChI=1S/C21H26N2O5/c1-12-6-8-16(9-7-12)13(2)15(4)28-21(26)14(3)23-20(25)18-19(24)17(27-5)10-11-22-18/h6-11,13-15,24H,1-5H3,(H,23,25)/t13-,14-,15-/m0/s1. The van der Waals surface area contributed by atoms with Crippen LogP contribution in [0, 0.1) is 6.92 Å². The summed E-state index contributed by atoms with van der Waals surface area (Å²) in [5.41, 5.74) is 2.00. The third kappa shape index (κ3) is 5.00. The van der Waals surface area contributed by atoms with Crippen LogP contribution in [0.1, 0.15) is 48.3 Å². The van der Waals surface area contributed by atoms with E-state index in [2.05, 4.69) is 10.3 Å². The average molecular weight is 386 g/mol. The highest BCUT2D eigenvalue weighted by atomic mass is 16.5. The number of methoxy groups -OCH3 is 1. The monoisotopic (exact) mass is 386 g/mol. The van der Waals surface area contributed by atoms with Gasteiger partial charge in [0.05, 0.1) is 7.11 Å². The van der Waals surface area contributed by atoms with Crippen molar-refractivity contribution in [2.75, 3.05) is 7.11 Å². The van der Waals surface area contributed by atoms with E-state index in [-0.39, 0.29) is 29.2 Å². The van der Waals surface area contributed by atoms with E-state index in [0.717, 1.165) is 11.1 Å². The zero-order chi connectivity index (χ0) is 20.8. The number of esters is 1. The van der Waals surface area contributed by atoms with Crippen LogP contribution in [0.2, 0.25) is 0 Å². The fourth-order valence-electron chi connectivity index (χ4n) is 2.62. The molecular formula is C21H26N2O5.